The molecule has 2 rings (SSSR count). The highest BCUT2D eigenvalue weighted by molar-refractivity contribution is 14.0. The van der Waals surface area contributed by atoms with Gasteiger partial charge in [-0.3, -0.25) is 4.79 Å². The molecule has 1 aromatic carbocycles. The SMILES string of the molecule is CCCNC(=O)CN=C(NCC)NC(C)c1ccc(OCC2CC2)c(F)c1.I. The molecule has 0 spiro atoms. The number of rotatable bonds is 10. The van der Waals surface area contributed by atoms with Gasteiger partial charge in [-0.05, 0) is 56.7 Å². The van der Waals surface area contributed by atoms with E-state index in [4.69, 9.17) is 4.74 Å². The van der Waals surface area contributed by atoms with E-state index in [0.717, 1.165) is 12.0 Å². The zero-order valence-corrected chi connectivity index (χ0v) is 19.2. The van der Waals surface area contributed by atoms with Crippen LogP contribution in [0.3, 0.4) is 0 Å². The van der Waals surface area contributed by atoms with Gasteiger partial charge < -0.3 is 20.7 Å². The van der Waals surface area contributed by atoms with Gasteiger partial charge in [-0.1, -0.05) is 13.0 Å². The van der Waals surface area contributed by atoms with Gasteiger partial charge in [0.15, 0.2) is 17.5 Å². The van der Waals surface area contributed by atoms with Crippen molar-refractivity contribution >= 4 is 35.8 Å². The van der Waals surface area contributed by atoms with Gasteiger partial charge >= 0.3 is 0 Å². The first-order valence-corrected chi connectivity index (χ1v) is 9.77. The minimum absolute atomic E-state index is 0. The van der Waals surface area contributed by atoms with E-state index in [0.29, 0.717) is 37.3 Å². The monoisotopic (exact) mass is 506 g/mol. The number of carbonyl (C=O) groups excluding carboxylic acids is 1. The molecule has 1 unspecified atom stereocenters. The van der Waals surface area contributed by atoms with Gasteiger partial charge in [0.2, 0.25) is 5.91 Å². The van der Waals surface area contributed by atoms with Crippen molar-refractivity contribution in [2.24, 2.45) is 10.9 Å². The number of aliphatic imine (C=N–C) groups is 1. The van der Waals surface area contributed by atoms with Crippen molar-refractivity contribution in [3.63, 3.8) is 0 Å². The number of halogens is 2. The Morgan fingerprint density at radius 1 is 1.32 bits per heavy atom. The van der Waals surface area contributed by atoms with Crippen LogP contribution >= 0.6 is 24.0 Å². The van der Waals surface area contributed by atoms with Gasteiger partial charge in [-0.25, -0.2) is 9.38 Å². The Kier molecular flexibility index (Phi) is 11.2. The average Bonchev–Trinajstić information content (AvgIpc) is 3.48. The molecule has 1 amide bonds. The summed E-state index contributed by atoms with van der Waals surface area (Å²) in [6.07, 6.45) is 3.23. The van der Waals surface area contributed by atoms with Crippen LogP contribution in [0.25, 0.3) is 0 Å². The average molecular weight is 506 g/mol. The van der Waals surface area contributed by atoms with Crippen LogP contribution < -0.4 is 20.7 Å². The first kappa shape index (κ1) is 24.5. The predicted octanol–water partition coefficient (Wildman–Crippen LogP) is 3.37. The Hall–Kier alpha value is -1.58. The van der Waals surface area contributed by atoms with Crippen molar-refractivity contribution in [2.45, 2.75) is 46.1 Å². The maximum absolute atomic E-state index is 14.3. The molecule has 1 atom stereocenters. The summed E-state index contributed by atoms with van der Waals surface area (Å²) in [5.74, 6) is 0.919. The van der Waals surface area contributed by atoms with Crippen molar-refractivity contribution in [1.82, 2.24) is 16.0 Å². The van der Waals surface area contributed by atoms with Crippen molar-refractivity contribution in [2.75, 3.05) is 26.2 Å². The third-order valence-electron chi connectivity index (χ3n) is 4.28. The normalized spacial score (nSPS) is 14.6. The van der Waals surface area contributed by atoms with Crippen LogP contribution in [0.2, 0.25) is 0 Å². The molecule has 0 bridgehead atoms. The van der Waals surface area contributed by atoms with Crippen LogP contribution in [0.5, 0.6) is 5.75 Å². The Balaban J connectivity index is 0.00000392. The molecule has 1 saturated carbocycles. The fraction of sp³-hybridized carbons (Fsp3) is 0.600. The molecule has 1 aliphatic rings. The van der Waals surface area contributed by atoms with Crippen LogP contribution in [-0.4, -0.2) is 38.1 Å². The van der Waals surface area contributed by atoms with E-state index < -0.39 is 0 Å². The van der Waals surface area contributed by atoms with Gasteiger partial charge in [0.1, 0.15) is 6.54 Å². The van der Waals surface area contributed by atoms with E-state index in [1.165, 1.54) is 18.9 Å². The van der Waals surface area contributed by atoms with E-state index in [2.05, 4.69) is 20.9 Å². The van der Waals surface area contributed by atoms with Crippen LogP contribution in [0.15, 0.2) is 23.2 Å². The highest BCUT2D eigenvalue weighted by atomic mass is 127. The Bertz CT molecular complexity index is 653. The lowest BCUT2D eigenvalue weighted by Gasteiger charge is -2.19. The molecule has 0 heterocycles. The number of benzene rings is 1. The topological polar surface area (TPSA) is 74.8 Å². The molecular weight excluding hydrogens is 474 g/mol. The summed E-state index contributed by atoms with van der Waals surface area (Å²) in [5, 5.41) is 9.09. The van der Waals surface area contributed by atoms with Crippen molar-refractivity contribution in [3.05, 3.63) is 29.6 Å². The third kappa shape index (κ3) is 8.62. The number of nitrogens with zero attached hydrogens (tertiary/aromatic N) is 1. The van der Waals surface area contributed by atoms with E-state index in [1.807, 2.05) is 26.8 Å². The summed E-state index contributed by atoms with van der Waals surface area (Å²) in [7, 11) is 0. The van der Waals surface area contributed by atoms with Gasteiger partial charge in [0.05, 0.1) is 12.6 Å². The second-order valence-corrected chi connectivity index (χ2v) is 6.86. The van der Waals surface area contributed by atoms with E-state index >= 15 is 0 Å². The molecule has 1 aliphatic carbocycles. The maximum atomic E-state index is 14.3. The van der Waals surface area contributed by atoms with E-state index in [-0.39, 0.29) is 48.3 Å². The first-order chi connectivity index (χ1) is 13.0. The molecule has 1 aromatic rings. The maximum Gasteiger partial charge on any atom is 0.241 e. The lowest BCUT2D eigenvalue weighted by atomic mass is 10.1. The lowest BCUT2D eigenvalue weighted by molar-refractivity contribution is -0.119. The van der Waals surface area contributed by atoms with Gasteiger partial charge in [-0.15, -0.1) is 24.0 Å². The minimum Gasteiger partial charge on any atom is -0.490 e. The summed E-state index contributed by atoms with van der Waals surface area (Å²) >= 11 is 0. The molecule has 0 saturated heterocycles. The fourth-order valence-corrected chi connectivity index (χ4v) is 2.48. The molecule has 158 valence electrons. The standard InChI is InChI=1S/C20H31FN4O2.HI/c1-4-10-23-19(26)12-24-20(22-5-2)25-14(3)16-8-9-18(17(21)11-16)27-13-15-6-7-15;/h8-9,11,14-15H,4-7,10,12-13H2,1-3H3,(H,23,26)(H2,22,24,25);1H. The van der Waals surface area contributed by atoms with Crippen LogP contribution in [0.1, 0.15) is 51.6 Å². The zero-order valence-electron chi connectivity index (χ0n) is 16.9. The highest BCUT2D eigenvalue weighted by Crippen LogP contribution is 2.30. The number of hydrogen-bond donors (Lipinski definition) is 3. The van der Waals surface area contributed by atoms with Crippen molar-refractivity contribution in [3.8, 4) is 5.75 Å². The van der Waals surface area contributed by atoms with Gasteiger partial charge in [0, 0.05) is 13.1 Å². The van der Waals surface area contributed by atoms with Crippen LogP contribution in [0, 0.1) is 11.7 Å². The van der Waals surface area contributed by atoms with Crippen LogP contribution in [-0.2, 0) is 4.79 Å². The predicted molar refractivity (Wildman–Crippen MR) is 121 cm³/mol. The Labute approximate surface area is 184 Å². The van der Waals surface area contributed by atoms with E-state index in [1.54, 1.807) is 6.07 Å². The molecule has 8 heteroatoms. The molecule has 3 N–H and O–H groups in total. The second kappa shape index (κ2) is 12.8. The number of guanidine groups is 1. The molecule has 1 fully saturated rings. The van der Waals surface area contributed by atoms with E-state index in [9.17, 15) is 9.18 Å². The minimum atomic E-state index is -0.359. The lowest BCUT2D eigenvalue weighted by Crippen LogP contribution is -2.39. The molecule has 0 radical (unpaired) electrons. The molecule has 28 heavy (non-hydrogen) atoms. The van der Waals surface area contributed by atoms with Gasteiger partial charge in [0.25, 0.3) is 0 Å². The van der Waals surface area contributed by atoms with Crippen LogP contribution in [0.4, 0.5) is 4.39 Å². The quantitative estimate of drug-likeness (QED) is 0.259. The number of ether oxygens (including phenoxy) is 1. The fourth-order valence-electron chi connectivity index (χ4n) is 2.48. The largest absolute Gasteiger partial charge is 0.490 e. The summed E-state index contributed by atoms with van der Waals surface area (Å²) in [5.41, 5.74) is 0.785. The Morgan fingerprint density at radius 2 is 2.07 bits per heavy atom. The number of hydrogen-bond acceptors (Lipinski definition) is 3. The van der Waals surface area contributed by atoms with Crippen molar-refractivity contribution in [1.29, 1.82) is 0 Å². The third-order valence-corrected chi connectivity index (χ3v) is 4.28. The van der Waals surface area contributed by atoms with Crippen molar-refractivity contribution < 1.29 is 13.9 Å². The molecular formula is C20H32FIN4O2. The number of nitrogens with one attached hydrogen (secondary N) is 3. The van der Waals surface area contributed by atoms with Gasteiger partial charge in [-0.2, -0.15) is 0 Å². The molecule has 0 aromatic heterocycles. The first-order valence-electron chi connectivity index (χ1n) is 9.77. The molecule has 6 nitrogen and oxygen atoms in total. The summed E-state index contributed by atoms with van der Waals surface area (Å²) in [6, 6.07) is 4.83. The summed E-state index contributed by atoms with van der Waals surface area (Å²) in [4.78, 5) is 16.0. The highest BCUT2D eigenvalue weighted by Gasteiger charge is 2.22. The summed E-state index contributed by atoms with van der Waals surface area (Å²) < 4.78 is 19.8. The smallest absolute Gasteiger partial charge is 0.241 e. The Morgan fingerprint density at radius 3 is 2.68 bits per heavy atom. The molecule has 0 aliphatic heterocycles. The zero-order chi connectivity index (χ0) is 19.6. The summed E-state index contributed by atoms with van der Waals surface area (Å²) in [6.45, 7) is 7.80. The number of amides is 1. The second-order valence-electron chi connectivity index (χ2n) is 6.86. The number of carbonyl (C=O) groups is 1.